The Hall–Kier alpha value is -7.47. The van der Waals surface area contributed by atoms with E-state index < -0.39 is 89.8 Å². The van der Waals surface area contributed by atoms with E-state index in [1.807, 2.05) is 6.07 Å². The molecule has 0 amide bonds. The molecule has 8 aromatic rings. The summed E-state index contributed by atoms with van der Waals surface area (Å²) in [6.07, 6.45) is -0.254. The molecule has 0 aliphatic heterocycles. The largest absolute Gasteiger partial charge is 0.505 e. The highest BCUT2D eigenvalue weighted by Crippen LogP contribution is 2.47. The number of thiazole rings is 1. The van der Waals surface area contributed by atoms with Gasteiger partial charge in [-0.25, -0.2) is 9.97 Å². The molecule has 0 radical (unpaired) electrons. The van der Waals surface area contributed by atoms with Gasteiger partial charge < -0.3 is 14.9 Å². The molecule has 30 heteroatoms. The van der Waals surface area contributed by atoms with Gasteiger partial charge in [-0.3, -0.25) is 22.6 Å². The quantitative estimate of drug-likeness (QED) is 0.0335. The van der Waals surface area contributed by atoms with Crippen LogP contribution >= 0.6 is 11.3 Å². The van der Waals surface area contributed by atoms with Crippen LogP contribution in [0.3, 0.4) is 0 Å². The molecule has 0 bridgehead atoms. The summed E-state index contributed by atoms with van der Waals surface area (Å²) in [6, 6.07) is 16.7. The maximum atomic E-state index is 13.1. The Morgan fingerprint density at radius 2 is 1.37 bits per heavy atom. The molecule has 0 aliphatic rings. The van der Waals surface area contributed by atoms with Crippen molar-refractivity contribution in [2.45, 2.75) is 41.9 Å². The first kappa shape index (κ1) is 49.9. The zero-order valence-corrected chi connectivity index (χ0v) is 40.4. The lowest BCUT2D eigenvalue weighted by atomic mass is 10.1. The van der Waals surface area contributed by atoms with E-state index in [1.165, 1.54) is 49.4 Å². The number of imidazole rings is 1. The van der Waals surface area contributed by atoms with Crippen molar-refractivity contribution in [2.24, 2.45) is 30.7 Å². The van der Waals surface area contributed by atoms with E-state index in [0.717, 1.165) is 23.5 Å². The lowest BCUT2D eigenvalue weighted by molar-refractivity contribution is 0.317. The van der Waals surface area contributed by atoms with Crippen molar-refractivity contribution in [1.29, 1.82) is 5.26 Å². The molecule has 0 fully saturated rings. The van der Waals surface area contributed by atoms with Crippen LogP contribution in [0, 0.1) is 32.1 Å². The number of nitrogens with zero attached hydrogens (tertiary/aromatic N) is 10. The van der Waals surface area contributed by atoms with Crippen LogP contribution < -0.4 is 4.74 Å². The third kappa shape index (κ3) is 9.85. The molecule has 0 aliphatic carbocycles. The number of azo groups is 3. The van der Waals surface area contributed by atoms with E-state index in [0.29, 0.717) is 17.1 Å². The molecule has 0 saturated heterocycles. The molecule has 6 N–H and O–H groups in total. The van der Waals surface area contributed by atoms with Gasteiger partial charge in [0.15, 0.2) is 17.1 Å². The second-order valence-corrected chi connectivity index (χ2v) is 22.0. The van der Waals surface area contributed by atoms with E-state index in [4.69, 9.17) is 4.74 Å². The fraction of sp³-hybridized carbons (Fsp3) is 0.146. The predicted octanol–water partition coefficient (Wildman–Crippen LogP) is 9.10. The van der Waals surface area contributed by atoms with Crippen LogP contribution in [0.1, 0.15) is 28.7 Å². The summed E-state index contributed by atoms with van der Waals surface area (Å²) in [5.74, 6) is -2.56. The molecular formula is C41H32N10O15S5. The summed E-state index contributed by atoms with van der Waals surface area (Å²) in [6.45, 7) is 4.04. The Morgan fingerprint density at radius 3 is 2.04 bits per heavy atom. The molecular weight excluding hydrogens is 1030 g/mol. The summed E-state index contributed by atoms with van der Waals surface area (Å²) in [5.41, 5.74) is -0.407. The number of para-hydroxylation sites is 2. The summed E-state index contributed by atoms with van der Waals surface area (Å²) < 4.78 is 146. The third-order valence-corrected chi connectivity index (χ3v) is 15.3. The Bertz CT molecular complexity index is 4210. The van der Waals surface area contributed by atoms with Crippen molar-refractivity contribution in [3.05, 3.63) is 89.0 Å². The number of hydrogen-bond acceptors (Lipinski definition) is 21. The lowest BCUT2D eigenvalue weighted by Gasteiger charge is -2.13. The maximum Gasteiger partial charge on any atom is 0.297 e. The highest BCUT2D eigenvalue weighted by molar-refractivity contribution is 7.87. The fourth-order valence-electron chi connectivity index (χ4n) is 7.36. The topological polar surface area (TPSA) is 395 Å². The average molecular weight is 1070 g/mol. The van der Waals surface area contributed by atoms with Gasteiger partial charge >= 0.3 is 0 Å². The van der Waals surface area contributed by atoms with Gasteiger partial charge in [-0.2, -0.15) is 38.9 Å². The number of hydrogen-bond donors (Lipinski definition) is 6. The number of phenolic OH excluding ortho intramolecular Hbond substituents is 1. The van der Waals surface area contributed by atoms with Gasteiger partial charge in [-0.1, -0.05) is 29.5 Å². The number of pyridine rings is 1. The van der Waals surface area contributed by atoms with Crippen molar-refractivity contribution >= 4 is 123 Å². The number of aromatic hydroxyl groups is 2. The van der Waals surface area contributed by atoms with Crippen molar-refractivity contribution in [3.63, 3.8) is 0 Å². The minimum Gasteiger partial charge on any atom is -0.505 e. The first-order valence-corrected chi connectivity index (χ1v) is 26.7. The van der Waals surface area contributed by atoms with Crippen LogP contribution in [-0.4, -0.2) is 88.8 Å². The smallest absolute Gasteiger partial charge is 0.297 e. The minimum atomic E-state index is -5.46. The molecule has 0 saturated carbocycles. The molecule has 3 heterocycles. The van der Waals surface area contributed by atoms with Crippen LogP contribution in [0.15, 0.2) is 112 Å². The molecule has 25 nitrogen and oxygen atoms in total. The summed E-state index contributed by atoms with van der Waals surface area (Å²) in [4.78, 5) is 5.97. The maximum absolute atomic E-state index is 13.1. The van der Waals surface area contributed by atoms with Gasteiger partial charge in [0.1, 0.15) is 49.1 Å². The number of aromatic nitrogens is 3. The third-order valence-electron chi connectivity index (χ3n) is 10.5. The van der Waals surface area contributed by atoms with E-state index in [1.54, 1.807) is 24.3 Å². The highest BCUT2D eigenvalue weighted by atomic mass is 32.2. The van der Waals surface area contributed by atoms with Crippen LogP contribution in [0.5, 0.6) is 17.4 Å². The average Bonchev–Trinajstić information content (AvgIpc) is 3.87. The van der Waals surface area contributed by atoms with Gasteiger partial charge in [0.25, 0.3) is 40.5 Å². The van der Waals surface area contributed by atoms with E-state index >= 15 is 0 Å². The zero-order chi connectivity index (χ0) is 51.5. The van der Waals surface area contributed by atoms with Crippen LogP contribution in [0.25, 0.3) is 37.7 Å². The van der Waals surface area contributed by atoms with Gasteiger partial charge in [0.05, 0.1) is 39.3 Å². The summed E-state index contributed by atoms with van der Waals surface area (Å²) in [5, 5.41) is 55.9. The van der Waals surface area contributed by atoms with Crippen molar-refractivity contribution in [2.75, 3.05) is 12.4 Å². The number of ether oxygens (including phenoxy) is 1. The molecule has 0 spiro atoms. The molecule has 0 atom stereocenters. The lowest BCUT2D eigenvalue weighted by Crippen LogP contribution is -2.08. The van der Waals surface area contributed by atoms with Crippen molar-refractivity contribution in [3.8, 4) is 23.4 Å². The number of fused-ring (bicyclic) bond motifs is 5. The molecule has 0 unspecified atom stereocenters. The minimum absolute atomic E-state index is 0.0184. The van der Waals surface area contributed by atoms with E-state index in [2.05, 4.69) is 40.7 Å². The second kappa shape index (κ2) is 18.4. The van der Waals surface area contributed by atoms with Gasteiger partial charge in [0, 0.05) is 22.4 Å². The summed E-state index contributed by atoms with van der Waals surface area (Å²) in [7, 11) is -19.9. The molecule has 5 aromatic carbocycles. The van der Waals surface area contributed by atoms with Crippen LogP contribution in [0.2, 0.25) is 0 Å². The molecule has 366 valence electrons. The fourth-order valence-corrected chi connectivity index (χ4v) is 11.4. The monoisotopic (exact) mass is 1060 g/mol. The first-order chi connectivity index (χ1) is 33.3. The molecule has 8 rings (SSSR count). The Balaban J connectivity index is 1.22. The SMILES string of the molecule is Cc1cc(N=Nc2c(S(=O)(=O)O)cc3c(S(=O)(=O)O)c(N=Nc4c(C)c(C#N)c5nc6ccccc6n5c4O)ccc3c2O)c(OCCCS(=O)(=O)O)cc1N=Nc1nc2ccc(C)c(S(=O)(=O)O)c2s1. The predicted molar refractivity (Wildman–Crippen MR) is 253 cm³/mol. The molecule has 3 aromatic heterocycles. The van der Waals surface area contributed by atoms with Crippen LogP contribution in [0.4, 0.5) is 33.6 Å². The van der Waals surface area contributed by atoms with Crippen molar-refractivity contribution in [1.82, 2.24) is 14.4 Å². The van der Waals surface area contributed by atoms with E-state index in [9.17, 15) is 67.4 Å². The van der Waals surface area contributed by atoms with Gasteiger partial charge in [-0.15, -0.1) is 30.7 Å². The van der Waals surface area contributed by atoms with Crippen molar-refractivity contribution < 1.29 is 66.8 Å². The number of benzene rings is 5. The van der Waals surface area contributed by atoms with E-state index in [-0.39, 0.29) is 84.0 Å². The second-order valence-electron chi connectivity index (χ2n) is 15.3. The number of aryl methyl sites for hydroxylation is 2. The highest BCUT2D eigenvalue weighted by Gasteiger charge is 2.29. The van der Waals surface area contributed by atoms with Crippen LogP contribution in [-0.2, 0) is 40.5 Å². The number of rotatable bonds is 14. The van der Waals surface area contributed by atoms with Gasteiger partial charge in [0.2, 0.25) is 11.0 Å². The first-order valence-electron chi connectivity index (χ1n) is 19.9. The normalized spacial score (nSPS) is 13.0. The Labute approximate surface area is 404 Å². The number of phenols is 1. The standard InChI is InChI=1S/C41H32N10O15S5/c1-19-9-11-26-36(37(19)70(60,61)62)67-41(44-26)50-46-28-17-31(66-13-6-14-68(54,55)56)29(15-20(28)2)47-49-34-32(69(57,58)59)16-23-22(35(34)52)10-12-27(38(23)71(63,64)65)45-48-33-21(3)24(18-42)39-43-25-7-4-5-8-30(25)51(39)40(33)53/h4-5,7-12,15-17,52-53H,6,13-14H2,1-3H3,(H,54,55,56)(H,57,58,59)(H,60,61,62)(H,63,64,65). The molecule has 71 heavy (non-hydrogen) atoms. The number of nitriles is 1. The zero-order valence-electron chi connectivity index (χ0n) is 36.3. The summed E-state index contributed by atoms with van der Waals surface area (Å²) >= 11 is 0.807. The Morgan fingerprint density at radius 1 is 0.690 bits per heavy atom. The Kier molecular flexibility index (Phi) is 12.9. The van der Waals surface area contributed by atoms with Gasteiger partial charge in [-0.05, 0) is 80.8 Å².